The second kappa shape index (κ2) is 13.4. The maximum absolute atomic E-state index is 11.3. The van der Waals surface area contributed by atoms with Gasteiger partial charge in [-0.2, -0.15) is 0 Å². The zero-order chi connectivity index (χ0) is 22.5. The van der Waals surface area contributed by atoms with Crippen LogP contribution in [0.5, 0.6) is 0 Å². The molecule has 1 aliphatic heterocycles. The summed E-state index contributed by atoms with van der Waals surface area (Å²) in [5, 5.41) is 8.55. The molecule has 3 rings (SSSR count). The Morgan fingerprint density at radius 3 is 2.00 bits per heavy atom. The minimum atomic E-state index is -1.18. The molecule has 2 aromatic rings. The van der Waals surface area contributed by atoms with Crippen molar-refractivity contribution in [2.24, 2.45) is 0 Å². The summed E-state index contributed by atoms with van der Waals surface area (Å²) in [4.78, 5) is 26.6. The van der Waals surface area contributed by atoms with Gasteiger partial charge >= 0.3 is 11.9 Å². The van der Waals surface area contributed by atoms with Gasteiger partial charge in [0.25, 0.3) is 0 Å². The maximum atomic E-state index is 11.3. The first-order valence-electron chi connectivity index (χ1n) is 11.0. The number of anilines is 1. The highest BCUT2D eigenvalue weighted by molar-refractivity contribution is 5.90. The average Bonchev–Trinajstić information content (AvgIpc) is 2.79. The van der Waals surface area contributed by atoms with Crippen LogP contribution in [0.25, 0.3) is 0 Å². The Bertz CT molecular complexity index is 783. The third-order valence-electron chi connectivity index (χ3n) is 5.12. The Balaban J connectivity index is 0.000000785. The van der Waals surface area contributed by atoms with Crippen LogP contribution < -0.4 is 4.90 Å². The molecule has 1 fully saturated rings. The smallest absolute Gasteiger partial charge is 0.317 e. The zero-order valence-corrected chi connectivity index (χ0v) is 18.6. The molecular weight excluding hydrogens is 392 g/mol. The summed E-state index contributed by atoms with van der Waals surface area (Å²) < 4.78 is 4.95. The van der Waals surface area contributed by atoms with Crippen LogP contribution in [-0.2, 0) is 27.5 Å². The Kier molecular flexibility index (Phi) is 10.6. The number of benzene rings is 2. The molecule has 6 nitrogen and oxygen atoms in total. The number of hydrogen-bond donors (Lipinski definition) is 1. The third-order valence-corrected chi connectivity index (χ3v) is 5.12. The van der Waals surface area contributed by atoms with E-state index < -0.39 is 18.4 Å². The first kappa shape index (κ1) is 24.4. The number of carbonyl (C=O) groups excluding carboxylic acids is 1. The van der Waals surface area contributed by atoms with Crippen molar-refractivity contribution in [3.05, 3.63) is 65.7 Å². The number of esters is 1. The van der Waals surface area contributed by atoms with E-state index in [0.717, 1.165) is 38.3 Å². The molecule has 1 N–H and O–H groups in total. The molecule has 0 spiro atoms. The molecule has 0 saturated carbocycles. The fourth-order valence-corrected chi connectivity index (χ4v) is 3.14. The molecule has 1 saturated heterocycles. The van der Waals surface area contributed by atoms with Crippen LogP contribution in [-0.4, -0.2) is 48.1 Å². The molecule has 31 heavy (non-hydrogen) atoms. The van der Waals surface area contributed by atoms with E-state index in [-0.39, 0.29) is 6.61 Å². The second-order valence-electron chi connectivity index (χ2n) is 7.65. The van der Waals surface area contributed by atoms with Crippen molar-refractivity contribution in [1.29, 1.82) is 0 Å². The van der Waals surface area contributed by atoms with Crippen molar-refractivity contribution in [3.63, 3.8) is 0 Å². The van der Waals surface area contributed by atoms with E-state index in [9.17, 15) is 9.59 Å². The number of hydrogen-bond acceptors (Lipinski definition) is 5. The number of piperazine rings is 1. The van der Waals surface area contributed by atoms with Crippen molar-refractivity contribution in [3.8, 4) is 0 Å². The Morgan fingerprint density at radius 2 is 1.45 bits per heavy atom. The lowest BCUT2D eigenvalue weighted by Gasteiger charge is -2.36. The van der Waals surface area contributed by atoms with Crippen LogP contribution in [0.3, 0.4) is 0 Å². The van der Waals surface area contributed by atoms with E-state index in [1.54, 1.807) is 0 Å². The highest BCUT2D eigenvalue weighted by atomic mass is 16.5. The molecule has 0 aromatic heterocycles. The summed E-state index contributed by atoms with van der Waals surface area (Å²) in [6, 6.07) is 18.4. The SMILES string of the molecule is CCCC.O=C(O)CC(=O)OCc1ccc(CN2CCN(c3ccccc3)CC2)cc1. The summed E-state index contributed by atoms with van der Waals surface area (Å²) in [6.07, 6.45) is 2.03. The van der Waals surface area contributed by atoms with Gasteiger partial charge in [-0.3, -0.25) is 14.5 Å². The lowest BCUT2D eigenvalue weighted by atomic mass is 10.1. The molecule has 0 unspecified atom stereocenters. The van der Waals surface area contributed by atoms with Gasteiger partial charge in [0.15, 0.2) is 0 Å². The summed E-state index contributed by atoms with van der Waals surface area (Å²) in [5.74, 6) is -1.90. The second-order valence-corrected chi connectivity index (χ2v) is 7.65. The molecule has 6 heteroatoms. The quantitative estimate of drug-likeness (QED) is 0.500. The van der Waals surface area contributed by atoms with Crippen molar-refractivity contribution in [1.82, 2.24) is 4.90 Å². The molecule has 0 amide bonds. The van der Waals surface area contributed by atoms with Crippen molar-refractivity contribution < 1.29 is 19.4 Å². The lowest BCUT2D eigenvalue weighted by Crippen LogP contribution is -2.45. The first-order valence-corrected chi connectivity index (χ1v) is 11.0. The van der Waals surface area contributed by atoms with Crippen LogP contribution in [0, 0.1) is 0 Å². The fraction of sp³-hybridized carbons (Fsp3) is 0.440. The van der Waals surface area contributed by atoms with E-state index in [1.165, 1.54) is 24.1 Å². The van der Waals surface area contributed by atoms with E-state index in [4.69, 9.17) is 9.84 Å². The largest absolute Gasteiger partial charge is 0.481 e. The van der Waals surface area contributed by atoms with Gasteiger partial charge in [0, 0.05) is 38.4 Å². The summed E-state index contributed by atoms with van der Waals surface area (Å²) in [6.45, 7) is 9.42. The topological polar surface area (TPSA) is 70.1 Å². The number of aliphatic carboxylic acids is 1. The first-order chi connectivity index (χ1) is 15.0. The molecule has 0 bridgehead atoms. The molecule has 2 aromatic carbocycles. The van der Waals surface area contributed by atoms with Gasteiger partial charge in [-0.25, -0.2) is 0 Å². The number of rotatable bonds is 8. The number of nitrogens with zero attached hydrogens (tertiary/aromatic N) is 2. The standard InChI is InChI=1S/C21H24N2O4.C4H10/c24-20(25)14-21(26)27-16-18-8-6-17(7-9-18)15-22-10-12-23(13-11-22)19-4-2-1-3-5-19;1-3-4-2/h1-9H,10-16H2,(H,24,25);3-4H2,1-2H3. The van der Waals surface area contributed by atoms with Crippen LogP contribution in [0.4, 0.5) is 5.69 Å². The van der Waals surface area contributed by atoms with E-state index in [2.05, 4.69) is 47.9 Å². The van der Waals surface area contributed by atoms with E-state index in [1.807, 2.05) is 30.3 Å². The van der Waals surface area contributed by atoms with Crippen molar-refractivity contribution in [2.75, 3.05) is 31.1 Å². The number of para-hydroxylation sites is 1. The molecule has 168 valence electrons. The Hall–Kier alpha value is -2.86. The minimum Gasteiger partial charge on any atom is -0.481 e. The van der Waals surface area contributed by atoms with Gasteiger partial charge < -0.3 is 14.7 Å². The minimum absolute atomic E-state index is 0.0993. The Morgan fingerprint density at radius 1 is 0.871 bits per heavy atom. The predicted octanol–water partition coefficient (Wildman–Crippen LogP) is 4.33. The molecule has 0 radical (unpaired) electrons. The van der Waals surface area contributed by atoms with Crippen LogP contribution in [0.15, 0.2) is 54.6 Å². The van der Waals surface area contributed by atoms with Crippen LogP contribution >= 0.6 is 0 Å². The van der Waals surface area contributed by atoms with E-state index >= 15 is 0 Å². The van der Waals surface area contributed by atoms with Gasteiger partial charge in [0.05, 0.1) is 0 Å². The monoisotopic (exact) mass is 426 g/mol. The molecule has 1 heterocycles. The van der Waals surface area contributed by atoms with Crippen LogP contribution in [0.1, 0.15) is 44.2 Å². The number of carbonyl (C=O) groups is 2. The van der Waals surface area contributed by atoms with E-state index in [0.29, 0.717) is 0 Å². The van der Waals surface area contributed by atoms with Gasteiger partial charge in [0.2, 0.25) is 0 Å². The number of carboxylic acids is 1. The number of carboxylic acid groups (broad SMARTS) is 1. The molecular formula is C25H34N2O4. The van der Waals surface area contributed by atoms with Gasteiger partial charge in [-0.05, 0) is 23.3 Å². The normalized spacial score (nSPS) is 13.8. The maximum Gasteiger partial charge on any atom is 0.317 e. The average molecular weight is 427 g/mol. The number of unbranched alkanes of at least 4 members (excludes halogenated alkanes) is 1. The van der Waals surface area contributed by atoms with Crippen LogP contribution in [0.2, 0.25) is 0 Å². The third kappa shape index (κ3) is 9.22. The summed E-state index contributed by atoms with van der Waals surface area (Å²) >= 11 is 0. The van der Waals surface area contributed by atoms with Crippen molar-refractivity contribution in [2.45, 2.75) is 46.3 Å². The molecule has 0 aliphatic carbocycles. The number of ether oxygens (including phenoxy) is 1. The summed E-state index contributed by atoms with van der Waals surface area (Å²) in [7, 11) is 0. The highest BCUT2D eigenvalue weighted by Crippen LogP contribution is 2.17. The fourth-order valence-electron chi connectivity index (χ4n) is 3.14. The van der Waals surface area contributed by atoms with Crippen molar-refractivity contribution >= 4 is 17.6 Å². The molecule has 0 atom stereocenters. The Labute approximate surface area is 185 Å². The summed E-state index contributed by atoms with van der Waals surface area (Å²) in [5.41, 5.74) is 3.34. The lowest BCUT2D eigenvalue weighted by molar-refractivity contribution is -0.152. The molecule has 1 aliphatic rings. The van der Waals surface area contributed by atoms with Gasteiger partial charge in [0.1, 0.15) is 13.0 Å². The van der Waals surface area contributed by atoms with Gasteiger partial charge in [-0.1, -0.05) is 69.2 Å². The zero-order valence-electron chi connectivity index (χ0n) is 18.6. The predicted molar refractivity (Wildman–Crippen MR) is 123 cm³/mol. The van der Waals surface area contributed by atoms with Gasteiger partial charge in [-0.15, -0.1) is 0 Å². The highest BCUT2D eigenvalue weighted by Gasteiger charge is 2.17.